The Hall–Kier alpha value is -0.430. The molecule has 1 aromatic rings. The Balaban J connectivity index is 2.05. The summed E-state index contributed by atoms with van der Waals surface area (Å²) in [6.07, 6.45) is 4.60. The number of sulfonamides is 1. The Morgan fingerprint density at radius 1 is 1.29 bits per heavy atom. The number of hydrogen-bond acceptors (Lipinski definition) is 3. The maximum atomic E-state index is 12.4. The highest BCUT2D eigenvalue weighted by Gasteiger charge is 2.22. The molecule has 3 N–H and O–H groups in total. The highest BCUT2D eigenvalue weighted by Crippen LogP contribution is 2.28. The van der Waals surface area contributed by atoms with Gasteiger partial charge in [0.15, 0.2) is 0 Å². The monoisotopic (exact) mass is 374 g/mol. The Labute approximate surface area is 135 Å². The van der Waals surface area contributed by atoms with Crippen LogP contribution in [0.1, 0.15) is 38.2 Å². The zero-order valence-corrected chi connectivity index (χ0v) is 14.7. The molecule has 2 rings (SSSR count). The molecule has 1 fully saturated rings. The first-order valence-corrected chi connectivity index (χ1v) is 9.68. The van der Waals surface area contributed by atoms with Crippen LogP contribution in [0.3, 0.4) is 0 Å². The van der Waals surface area contributed by atoms with Crippen LogP contribution in [-0.2, 0) is 16.6 Å². The van der Waals surface area contributed by atoms with Crippen LogP contribution in [0.2, 0.25) is 0 Å². The molecule has 0 radical (unpaired) electrons. The third kappa shape index (κ3) is 4.52. The quantitative estimate of drug-likeness (QED) is 0.831. The minimum atomic E-state index is -3.49. The zero-order chi connectivity index (χ0) is 15.5. The van der Waals surface area contributed by atoms with E-state index in [9.17, 15) is 8.42 Å². The fourth-order valence-corrected chi connectivity index (χ4v) is 4.85. The van der Waals surface area contributed by atoms with E-state index >= 15 is 0 Å². The number of hydrogen-bond donors (Lipinski definition) is 2. The van der Waals surface area contributed by atoms with Gasteiger partial charge in [-0.25, -0.2) is 13.1 Å². The second-order valence-electron chi connectivity index (χ2n) is 5.95. The average Bonchev–Trinajstić information content (AvgIpc) is 2.47. The summed E-state index contributed by atoms with van der Waals surface area (Å²) < 4.78 is 28.2. The normalized spacial score (nSPS) is 23.2. The third-order valence-electron chi connectivity index (χ3n) is 4.22. The molecule has 0 unspecified atom stereocenters. The molecule has 0 amide bonds. The summed E-state index contributed by atoms with van der Waals surface area (Å²) in [5.74, 6) is 1.22. The minimum Gasteiger partial charge on any atom is -0.326 e. The molecule has 6 heteroatoms. The first-order valence-electron chi connectivity index (χ1n) is 7.40. The zero-order valence-electron chi connectivity index (χ0n) is 12.3. The van der Waals surface area contributed by atoms with Gasteiger partial charge in [0.2, 0.25) is 10.0 Å². The Kier molecular flexibility index (Phi) is 5.82. The van der Waals surface area contributed by atoms with Crippen LogP contribution < -0.4 is 10.5 Å². The molecule has 0 saturated heterocycles. The van der Waals surface area contributed by atoms with Gasteiger partial charge in [0.1, 0.15) is 0 Å². The van der Waals surface area contributed by atoms with Crippen molar-refractivity contribution in [1.82, 2.24) is 4.72 Å². The molecule has 0 spiro atoms. The van der Waals surface area contributed by atoms with Crippen molar-refractivity contribution < 1.29 is 8.42 Å². The second kappa shape index (κ2) is 7.22. The molecule has 1 aromatic carbocycles. The Morgan fingerprint density at radius 2 is 1.95 bits per heavy atom. The van der Waals surface area contributed by atoms with Crippen molar-refractivity contribution in [2.75, 3.05) is 6.54 Å². The van der Waals surface area contributed by atoms with E-state index in [1.54, 1.807) is 12.1 Å². The Bertz CT molecular complexity index is 581. The SMILES string of the molecule is CC1CCC(CNS(=O)(=O)c2cc(CN)ccc2Br)CC1. The summed E-state index contributed by atoms with van der Waals surface area (Å²) in [6.45, 7) is 3.11. The molecule has 0 aliphatic heterocycles. The lowest BCUT2D eigenvalue weighted by Crippen LogP contribution is -2.31. The van der Waals surface area contributed by atoms with E-state index in [0.717, 1.165) is 24.3 Å². The van der Waals surface area contributed by atoms with Gasteiger partial charge < -0.3 is 5.73 Å². The smallest absolute Gasteiger partial charge is 0.241 e. The fraction of sp³-hybridized carbons (Fsp3) is 0.600. The maximum Gasteiger partial charge on any atom is 0.241 e. The summed E-state index contributed by atoms with van der Waals surface area (Å²) in [6, 6.07) is 5.19. The molecule has 0 aromatic heterocycles. The topological polar surface area (TPSA) is 72.2 Å². The van der Waals surface area contributed by atoms with Crippen molar-refractivity contribution in [3.8, 4) is 0 Å². The minimum absolute atomic E-state index is 0.273. The van der Waals surface area contributed by atoms with Crippen molar-refractivity contribution in [2.24, 2.45) is 17.6 Å². The van der Waals surface area contributed by atoms with Crippen molar-refractivity contribution in [2.45, 2.75) is 44.0 Å². The number of benzene rings is 1. The number of halogens is 1. The first-order chi connectivity index (χ1) is 9.92. The number of rotatable bonds is 5. The van der Waals surface area contributed by atoms with Gasteiger partial charge in [-0.2, -0.15) is 0 Å². The second-order valence-corrected chi connectivity index (χ2v) is 8.54. The van der Waals surface area contributed by atoms with E-state index in [-0.39, 0.29) is 4.90 Å². The molecule has 21 heavy (non-hydrogen) atoms. The summed E-state index contributed by atoms with van der Waals surface area (Å²) >= 11 is 3.31. The summed E-state index contributed by atoms with van der Waals surface area (Å²) in [4.78, 5) is 0.273. The van der Waals surface area contributed by atoms with Crippen molar-refractivity contribution in [1.29, 1.82) is 0 Å². The van der Waals surface area contributed by atoms with Crippen LogP contribution >= 0.6 is 15.9 Å². The van der Waals surface area contributed by atoms with E-state index in [1.165, 1.54) is 12.8 Å². The van der Waals surface area contributed by atoms with E-state index < -0.39 is 10.0 Å². The van der Waals surface area contributed by atoms with Crippen LogP contribution in [0.15, 0.2) is 27.6 Å². The fourth-order valence-electron chi connectivity index (χ4n) is 2.72. The third-order valence-corrected chi connectivity index (χ3v) is 6.64. The van der Waals surface area contributed by atoms with Crippen LogP contribution in [0.4, 0.5) is 0 Å². The van der Waals surface area contributed by atoms with E-state index in [0.29, 0.717) is 23.5 Å². The van der Waals surface area contributed by atoms with Gasteiger partial charge in [-0.3, -0.25) is 0 Å². The predicted molar refractivity (Wildman–Crippen MR) is 88.3 cm³/mol. The molecule has 1 aliphatic carbocycles. The molecule has 0 bridgehead atoms. The van der Waals surface area contributed by atoms with Gasteiger partial charge >= 0.3 is 0 Å². The van der Waals surface area contributed by atoms with Crippen molar-refractivity contribution in [3.05, 3.63) is 28.2 Å². The molecular weight excluding hydrogens is 352 g/mol. The molecule has 0 atom stereocenters. The molecule has 1 saturated carbocycles. The summed E-state index contributed by atoms with van der Waals surface area (Å²) in [5, 5.41) is 0. The highest BCUT2D eigenvalue weighted by molar-refractivity contribution is 9.10. The Morgan fingerprint density at radius 3 is 2.57 bits per heavy atom. The van der Waals surface area contributed by atoms with Crippen molar-refractivity contribution in [3.63, 3.8) is 0 Å². The van der Waals surface area contributed by atoms with Gasteiger partial charge in [0.25, 0.3) is 0 Å². The molecule has 0 heterocycles. The van der Waals surface area contributed by atoms with E-state index in [1.807, 2.05) is 6.07 Å². The molecule has 1 aliphatic rings. The molecule has 118 valence electrons. The van der Waals surface area contributed by atoms with Gasteiger partial charge in [-0.15, -0.1) is 0 Å². The average molecular weight is 375 g/mol. The number of nitrogens with one attached hydrogen (secondary N) is 1. The van der Waals surface area contributed by atoms with Gasteiger partial charge in [-0.05, 0) is 58.3 Å². The maximum absolute atomic E-state index is 12.4. The van der Waals surface area contributed by atoms with Gasteiger partial charge in [0, 0.05) is 17.6 Å². The standard InChI is InChI=1S/C15H23BrN2O2S/c1-11-2-4-12(5-3-11)10-18-21(19,20)15-8-13(9-17)6-7-14(15)16/h6-8,11-12,18H,2-5,9-10,17H2,1H3. The van der Waals surface area contributed by atoms with E-state index in [2.05, 4.69) is 27.6 Å². The van der Waals surface area contributed by atoms with Crippen molar-refractivity contribution >= 4 is 26.0 Å². The molecule has 4 nitrogen and oxygen atoms in total. The van der Waals surface area contributed by atoms with E-state index in [4.69, 9.17) is 5.73 Å². The number of nitrogens with two attached hydrogens (primary N) is 1. The lowest BCUT2D eigenvalue weighted by molar-refractivity contribution is 0.290. The first kappa shape index (κ1) is 16.9. The predicted octanol–water partition coefficient (Wildman–Crippen LogP) is 3.01. The highest BCUT2D eigenvalue weighted by atomic mass is 79.9. The largest absolute Gasteiger partial charge is 0.326 e. The van der Waals surface area contributed by atoms with Crippen LogP contribution in [0, 0.1) is 11.8 Å². The summed E-state index contributed by atoms with van der Waals surface area (Å²) in [7, 11) is -3.49. The summed E-state index contributed by atoms with van der Waals surface area (Å²) in [5.41, 5.74) is 6.40. The van der Waals surface area contributed by atoms with Gasteiger partial charge in [0.05, 0.1) is 4.90 Å². The lowest BCUT2D eigenvalue weighted by atomic mass is 9.83. The van der Waals surface area contributed by atoms with Crippen LogP contribution in [0.5, 0.6) is 0 Å². The van der Waals surface area contributed by atoms with Crippen LogP contribution in [0.25, 0.3) is 0 Å². The molecular formula is C15H23BrN2O2S. The van der Waals surface area contributed by atoms with Gasteiger partial charge in [-0.1, -0.05) is 25.8 Å². The lowest BCUT2D eigenvalue weighted by Gasteiger charge is -2.26. The van der Waals surface area contributed by atoms with Crippen LogP contribution in [-0.4, -0.2) is 15.0 Å².